The van der Waals surface area contributed by atoms with Crippen LogP contribution in [-0.4, -0.2) is 42.4 Å². The van der Waals surface area contributed by atoms with Gasteiger partial charge < -0.3 is 16.0 Å². The summed E-state index contributed by atoms with van der Waals surface area (Å²) in [5.74, 6) is 0.811. The van der Waals surface area contributed by atoms with Crippen molar-refractivity contribution in [3.05, 3.63) is 0 Å². The first kappa shape index (κ1) is 8.79. The van der Waals surface area contributed by atoms with Crippen molar-refractivity contribution < 1.29 is 4.63 Å². The Balaban J connectivity index is 2.29. The fraction of sp³-hybridized carbons (Fsp3) is 0.667. The van der Waals surface area contributed by atoms with E-state index in [2.05, 4.69) is 25.2 Å². The molecule has 1 aromatic heterocycles. The summed E-state index contributed by atoms with van der Waals surface area (Å²) < 4.78 is 4.40. The van der Waals surface area contributed by atoms with Crippen LogP contribution in [-0.2, 0) is 0 Å². The SMILES string of the molecule is CN(C)CCNc1nonc1N. The number of likely N-dealkylation sites (N-methyl/N-ethyl adjacent to an activating group) is 1. The monoisotopic (exact) mass is 171 g/mol. The topological polar surface area (TPSA) is 80.2 Å². The zero-order chi connectivity index (χ0) is 8.97. The molecule has 3 N–H and O–H groups in total. The molecular formula is C6H13N5O. The average molecular weight is 171 g/mol. The van der Waals surface area contributed by atoms with Gasteiger partial charge in [-0.1, -0.05) is 0 Å². The van der Waals surface area contributed by atoms with Crippen LogP contribution in [0.3, 0.4) is 0 Å². The number of rotatable bonds is 4. The smallest absolute Gasteiger partial charge is 0.215 e. The van der Waals surface area contributed by atoms with E-state index in [1.54, 1.807) is 0 Å². The van der Waals surface area contributed by atoms with Crippen molar-refractivity contribution >= 4 is 11.6 Å². The summed E-state index contributed by atoms with van der Waals surface area (Å²) in [6.07, 6.45) is 0. The minimum absolute atomic E-state index is 0.300. The van der Waals surface area contributed by atoms with Gasteiger partial charge in [0.1, 0.15) is 0 Å². The molecule has 0 aromatic carbocycles. The van der Waals surface area contributed by atoms with Crippen LogP contribution in [0.25, 0.3) is 0 Å². The van der Waals surface area contributed by atoms with Crippen LogP contribution in [0.4, 0.5) is 11.6 Å². The molecule has 0 atom stereocenters. The van der Waals surface area contributed by atoms with E-state index >= 15 is 0 Å². The van der Waals surface area contributed by atoms with Gasteiger partial charge in [0.05, 0.1) is 0 Å². The molecule has 1 heterocycles. The van der Waals surface area contributed by atoms with Crippen LogP contribution >= 0.6 is 0 Å². The fourth-order valence-corrected chi connectivity index (χ4v) is 0.716. The lowest BCUT2D eigenvalue weighted by Crippen LogP contribution is -2.21. The molecular weight excluding hydrogens is 158 g/mol. The van der Waals surface area contributed by atoms with Gasteiger partial charge in [-0.2, -0.15) is 0 Å². The second kappa shape index (κ2) is 3.91. The van der Waals surface area contributed by atoms with E-state index in [-0.39, 0.29) is 0 Å². The molecule has 6 heteroatoms. The average Bonchev–Trinajstić information content (AvgIpc) is 2.36. The quantitative estimate of drug-likeness (QED) is 0.643. The molecule has 0 aliphatic carbocycles. The van der Waals surface area contributed by atoms with Gasteiger partial charge >= 0.3 is 0 Å². The number of anilines is 2. The minimum atomic E-state index is 0.300. The molecule has 0 aliphatic rings. The molecule has 12 heavy (non-hydrogen) atoms. The minimum Gasteiger partial charge on any atom is -0.378 e. The van der Waals surface area contributed by atoms with Gasteiger partial charge in [-0.05, 0) is 24.4 Å². The maximum Gasteiger partial charge on any atom is 0.215 e. The standard InChI is InChI=1S/C6H13N5O/c1-11(2)4-3-8-6-5(7)9-12-10-6/h3-4H2,1-2H3,(H2,7,9)(H,8,10). The van der Waals surface area contributed by atoms with Gasteiger partial charge in [0.25, 0.3) is 0 Å². The van der Waals surface area contributed by atoms with Crippen molar-refractivity contribution in [2.45, 2.75) is 0 Å². The summed E-state index contributed by atoms with van der Waals surface area (Å²) in [6.45, 7) is 1.68. The zero-order valence-electron chi connectivity index (χ0n) is 7.24. The number of hydrogen-bond acceptors (Lipinski definition) is 6. The van der Waals surface area contributed by atoms with Crippen molar-refractivity contribution in [1.82, 2.24) is 15.2 Å². The zero-order valence-corrected chi connectivity index (χ0v) is 7.24. The normalized spacial score (nSPS) is 10.6. The molecule has 0 amide bonds. The molecule has 0 aliphatic heterocycles. The summed E-state index contributed by atoms with van der Waals surface area (Å²) in [7, 11) is 3.98. The highest BCUT2D eigenvalue weighted by molar-refractivity contribution is 5.53. The predicted octanol–water partition coefficient (Wildman–Crippen LogP) is -0.375. The third kappa shape index (κ3) is 2.39. The van der Waals surface area contributed by atoms with Crippen molar-refractivity contribution in [3.8, 4) is 0 Å². The van der Waals surface area contributed by atoms with E-state index in [0.717, 1.165) is 13.1 Å². The lowest BCUT2D eigenvalue weighted by atomic mass is 10.5. The third-order valence-corrected chi connectivity index (χ3v) is 1.37. The Morgan fingerprint density at radius 2 is 2.25 bits per heavy atom. The summed E-state index contributed by atoms with van der Waals surface area (Å²) in [5.41, 5.74) is 5.41. The number of hydrogen-bond donors (Lipinski definition) is 2. The Bertz CT molecular complexity index is 234. The maximum absolute atomic E-state index is 5.41. The highest BCUT2D eigenvalue weighted by atomic mass is 16.6. The van der Waals surface area contributed by atoms with Crippen LogP contribution in [0, 0.1) is 0 Å². The van der Waals surface area contributed by atoms with Crippen LogP contribution in [0.5, 0.6) is 0 Å². The van der Waals surface area contributed by atoms with Crippen LogP contribution in [0.1, 0.15) is 0 Å². The Labute approximate surface area is 70.7 Å². The number of aromatic nitrogens is 2. The molecule has 68 valence electrons. The summed E-state index contributed by atoms with van der Waals surface area (Å²) in [4.78, 5) is 2.05. The van der Waals surface area contributed by atoms with Crippen molar-refractivity contribution in [1.29, 1.82) is 0 Å². The number of nitrogens with two attached hydrogens (primary N) is 1. The molecule has 6 nitrogen and oxygen atoms in total. The predicted molar refractivity (Wildman–Crippen MR) is 45.8 cm³/mol. The molecule has 0 bridgehead atoms. The van der Waals surface area contributed by atoms with Crippen molar-refractivity contribution in [2.75, 3.05) is 38.2 Å². The summed E-state index contributed by atoms with van der Waals surface area (Å²) >= 11 is 0. The van der Waals surface area contributed by atoms with Gasteiger partial charge in [-0.25, -0.2) is 4.63 Å². The first-order valence-corrected chi connectivity index (χ1v) is 3.67. The molecule has 1 aromatic rings. The van der Waals surface area contributed by atoms with Crippen molar-refractivity contribution in [3.63, 3.8) is 0 Å². The molecule has 0 radical (unpaired) electrons. The highest BCUT2D eigenvalue weighted by Gasteiger charge is 2.03. The van der Waals surface area contributed by atoms with E-state index in [9.17, 15) is 0 Å². The summed E-state index contributed by atoms with van der Waals surface area (Å²) in [5, 5.41) is 9.99. The van der Waals surface area contributed by atoms with Gasteiger partial charge in [0.15, 0.2) is 0 Å². The molecule has 0 saturated carbocycles. The largest absolute Gasteiger partial charge is 0.378 e. The molecule has 0 fully saturated rings. The number of nitrogen functional groups attached to an aromatic ring is 1. The highest BCUT2D eigenvalue weighted by Crippen LogP contribution is 2.09. The number of nitrogens with zero attached hydrogens (tertiary/aromatic N) is 3. The van der Waals surface area contributed by atoms with Gasteiger partial charge in [-0.15, -0.1) is 0 Å². The van der Waals surface area contributed by atoms with Gasteiger partial charge in [0.2, 0.25) is 11.6 Å². The van der Waals surface area contributed by atoms with E-state index in [1.165, 1.54) is 0 Å². The second-order valence-corrected chi connectivity index (χ2v) is 2.73. The van der Waals surface area contributed by atoms with Gasteiger partial charge in [-0.3, -0.25) is 0 Å². The first-order valence-electron chi connectivity index (χ1n) is 3.67. The van der Waals surface area contributed by atoms with Crippen molar-refractivity contribution in [2.24, 2.45) is 0 Å². The fourth-order valence-electron chi connectivity index (χ4n) is 0.716. The maximum atomic E-state index is 5.41. The van der Waals surface area contributed by atoms with Gasteiger partial charge in [0, 0.05) is 13.1 Å². The van der Waals surface area contributed by atoms with Crippen LogP contribution in [0.2, 0.25) is 0 Å². The molecule has 0 saturated heterocycles. The summed E-state index contributed by atoms with van der Waals surface area (Å²) in [6, 6.07) is 0. The van der Waals surface area contributed by atoms with E-state index in [4.69, 9.17) is 5.73 Å². The third-order valence-electron chi connectivity index (χ3n) is 1.37. The molecule has 0 spiro atoms. The Hall–Kier alpha value is -1.30. The number of nitrogens with one attached hydrogen (secondary N) is 1. The second-order valence-electron chi connectivity index (χ2n) is 2.73. The van der Waals surface area contributed by atoms with Crippen LogP contribution in [0.15, 0.2) is 4.63 Å². The van der Waals surface area contributed by atoms with Crippen LogP contribution < -0.4 is 11.1 Å². The lowest BCUT2D eigenvalue weighted by molar-refractivity contribution is 0.310. The lowest BCUT2D eigenvalue weighted by Gasteiger charge is -2.08. The Kier molecular flexibility index (Phi) is 2.87. The van der Waals surface area contributed by atoms with E-state index < -0.39 is 0 Å². The Morgan fingerprint density at radius 1 is 1.50 bits per heavy atom. The molecule has 1 rings (SSSR count). The molecule has 0 unspecified atom stereocenters. The van der Waals surface area contributed by atoms with E-state index in [1.807, 2.05) is 14.1 Å². The first-order chi connectivity index (χ1) is 5.70. The Morgan fingerprint density at radius 3 is 2.75 bits per heavy atom. The van der Waals surface area contributed by atoms with E-state index in [0.29, 0.717) is 11.6 Å².